The zero-order chi connectivity index (χ0) is 13.2. The van der Waals surface area contributed by atoms with Crippen molar-refractivity contribution < 1.29 is 9.13 Å². The molecule has 1 aliphatic rings. The first-order valence-corrected chi connectivity index (χ1v) is 6.28. The predicted molar refractivity (Wildman–Crippen MR) is 73.7 cm³/mol. The fraction of sp³-hybridized carbons (Fsp3) is 0.188. The van der Waals surface area contributed by atoms with Gasteiger partial charge in [0.1, 0.15) is 17.7 Å². The summed E-state index contributed by atoms with van der Waals surface area (Å²) in [5.74, 6) is 0.409. The van der Waals surface area contributed by atoms with Crippen molar-refractivity contribution in [2.45, 2.75) is 19.4 Å². The maximum atomic E-state index is 12.9. The summed E-state index contributed by atoms with van der Waals surface area (Å²) in [6, 6.07) is 14.1. The van der Waals surface area contributed by atoms with E-state index in [0.717, 1.165) is 17.8 Å². The lowest BCUT2D eigenvalue weighted by molar-refractivity contribution is 0.265. The van der Waals surface area contributed by atoms with Crippen molar-refractivity contribution in [2.24, 2.45) is 4.99 Å². The van der Waals surface area contributed by atoms with Crippen molar-refractivity contribution in [2.75, 3.05) is 0 Å². The average Bonchev–Trinajstić information content (AvgIpc) is 2.42. The Balaban J connectivity index is 1.82. The fourth-order valence-electron chi connectivity index (χ4n) is 2.21. The Morgan fingerprint density at radius 1 is 1.11 bits per heavy atom. The molecule has 0 saturated heterocycles. The first-order valence-electron chi connectivity index (χ1n) is 6.28. The van der Waals surface area contributed by atoms with Crippen LogP contribution in [0.25, 0.3) is 0 Å². The van der Waals surface area contributed by atoms with Crippen LogP contribution < -0.4 is 4.74 Å². The Morgan fingerprint density at radius 3 is 2.63 bits per heavy atom. The topological polar surface area (TPSA) is 21.6 Å². The first-order chi connectivity index (χ1) is 9.22. The molecule has 96 valence electrons. The molecule has 0 aromatic heterocycles. The molecule has 0 saturated carbocycles. The van der Waals surface area contributed by atoms with Gasteiger partial charge in [-0.15, -0.1) is 0 Å². The number of hydrogen-bond donors (Lipinski definition) is 0. The van der Waals surface area contributed by atoms with Crippen LogP contribution in [0.3, 0.4) is 0 Å². The number of benzene rings is 2. The van der Waals surface area contributed by atoms with Gasteiger partial charge in [-0.2, -0.15) is 0 Å². The van der Waals surface area contributed by atoms with Crippen molar-refractivity contribution in [3.63, 3.8) is 0 Å². The van der Waals surface area contributed by atoms with Crippen molar-refractivity contribution >= 4 is 11.4 Å². The van der Waals surface area contributed by atoms with E-state index in [1.165, 1.54) is 17.7 Å². The summed E-state index contributed by atoms with van der Waals surface area (Å²) < 4.78 is 18.7. The van der Waals surface area contributed by atoms with E-state index < -0.39 is 0 Å². The number of halogens is 1. The van der Waals surface area contributed by atoms with E-state index in [4.69, 9.17) is 4.74 Å². The standard InChI is InChI=1S/C16H14FNO/c1-11-16(19-14-8-6-13(17)7-9-14)10-12-4-2-3-5-15(12)18-11/h2-9,16H,10H2,1H3. The summed E-state index contributed by atoms with van der Waals surface area (Å²) in [5, 5.41) is 0. The van der Waals surface area contributed by atoms with Gasteiger partial charge in [-0.05, 0) is 42.8 Å². The van der Waals surface area contributed by atoms with Crippen molar-refractivity contribution in [3.05, 3.63) is 59.9 Å². The highest BCUT2D eigenvalue weighted by Gasteiger charge is 2.21. The molecule has 1 heterocycles. The summed E-state index contributed by atoms with van der Waals surface area (Å²) in [5.41, 5.74) is 3.14. The summed E-state index contributed by atoms with van der Waals surface area (Å²) in [6.07, 6.45) is 0.712. The van der Waals surface area contributed by atoms with E-state index in [-0.39, 0.29) is 11.9 Å². The molecule has 0 aliphatic carbocycles. The molecule has 1 aliphatic heterocycles. The summed E-state index contributed by atoms with van der Waals surface area (Å²) in [4.78, 5) is 4.56. The third-order valence-corrected chi connectivity index (χ3v) is 3.25. The molecule has 0 amide bonds. The lowest BCUT2D eigenvalue weighted by Crippen LogP contribution is -2.30. The van der Waals surface area contributed by atoms with Crippen LogP contribution in [0.15, 0.2) is 53.5 Å². The van der Waals surface area contributed by atoms with Gasteiger partial charge in [0.25, 0.3) is 0 Å². The molecule has 1 atom stereocenters. The van der Waals surface area contributed by atoms with Crippen molar-refractivity contribution in [3.8, 4) is 5.75 Å². The molecule has 1 unspecified atom stereocenters. The second-order valence-corrected chi connectivity index (χ2v) is 4.65. The minimum Gasteiger partial charge on any atom is -0.484 e. The monoisotopic (exact) mass is 255 g/mol. The van der Waals surface area contributed by atoms with Gasteiger partial charge in [-0.1, -0.05) is 18.2 Å². The molecule has 2 aromatic rings. The van der Waals surface area contributed by atoms with E-state index in [2.05, 4.69) is 11.1 Å². The second-order valence-electron chi connectivity index (χ2n) is 4.65. The Hall–Kier alpha value is -2.16. The van der Waals surface area contributed by atoms with Crippen molar-refractivity contribution in [1.29, 1.82) is 0 Å². The van der Waals surface area contributed by atoms with Crippen LogP contribution in [0.2, 0.25) is 0 Å². The molecule has 0 N–H and O–H groups in total. The highest BCUT2D eigenvalue weighted by atomic mass is 19.1. The van der Waals surface area contributed by atoms with Crippen LogP contribution >= 0.6 is 0 Å². The Morgan fingerprint density at radius 2 is 1.84 bits per heavy atom. The highest BCUT2D eigenvalue weighted by Crippen LogP contribution is 2.27. The zero-order valence-electron chi connectivity index (χ0n) is 10.6. The van der Waals surface area contributed by atoms with Gasteiger partial charge >= 0.3 is 0 Å². The molecule has 0 fully saturated rings. The van der Waals surface area contributed by atoms with Gasteiger partial charge in [0, 0.05) is 6.42 Å². The minimum absolute atomic E-state index is 0.0830. The first kappa shape index (κ1) is 11.9. The molecule has 2 nitrogen and oxygen atoms in total. The van der Waals surface area contributed by atoms with Crippen LogP contribution in [0, 0.1) is 5.82 Å². The summed E-state index contributed by atoms with van der Waals surface area (Å²) in [6.45, 7) is 1.96. The fourth-order valence-corrected chi connectivity index (χ4v) is 2.21. The molecule has 3 heteroatoms. The SMILES string of the molecule is CC1=Nc2ccccc2CC1Oc1ccc(F)cc1. The third-order valence-electron chi connectivity index (χ3n) is 3.25. The smallest absolute Gasteiger partial charge is 0.140 e. The van der Waals surface area contributed by atoms with Crippen LogP contribution in [-0.2, 0) is 6.42 Å². The van der Waals surface area contributed by atoms with Gasteiger partial charge < -0.3 is 4.74 Å². The minimum atomic E-state index is -0.258. The molecule has 2 aromatic carbocycles. The Labute approximate surface area is 111 Å². The van der Waals surface area contributed by atoms with Gasteiger partial charge in [0.05, 0.1) is 11.4 Å². The Bertz CT molecular complexity index is 619. The van der Waals surface area contributed by atoms with Gasteiger partial charge in [-0.3, -0.25) is 4.99 Å². The molecular weight excluding hydrogens is 241 g/mol. The van der Waals surface area contributed by atoms with E-state index in [9.17, 15) is 4.39 Å². The van der Waals surface area contributed by atoms with Gasteiger partial charge in [0.2, 0.25) is 0 Å². The van der Waals surface area contributed by atoms with Crippen LogP contribution in [0.1, 0.15) is 12.5 Å². The summed E-state index contributed by atoms with van der Waals surface area (Å²) >= 11 is 0. The van der Waals surface area contributed by atoms with Gasteiger partial charge in [0.15, 0.2) is 0 Å². The maximum absolute atomic E-state index is 12.9. The van der Waals surface area contributed by atoms with Crippen LogP contribution in [0.4, 0.5) is 10.1 Å². The number of ether oxygens (including phenoxy) is 1. The highest BCUT2D eigenvalue weighted by molar-refractivity contribution is 5.91. The van der Waals surface area contributed by atoms with Crippen LogP contribution in [0.5, 0.6) is 5.75 Å². The molecule has 19 heavy (non-hydrogen) atoms. The molecular formula is C16H14FNO. The lowest BCUT2D eigenvalue weighted by atomic mass is 9.99. The van der Waals surface area contributed by atoms with Crippen molar-refractivity contribution in [1.82, 2.24) is 0 Å². The normalized spacial score (nSPS) is 17.6. The van der Waals surface area contributed by atoms with Crippen LogP contribution in [-0.4, -0.2) is 11.8 Å². The molecule has 0 spiro atoms. The number of para-hydroxylation sites is 1. The number of hydrogen-bond acceptors (Lipinski definition) is 2. The molecule has 3 rings (SSSR count). The van der Waals surface area contributed by atoms with Gasteiger partial charge in [-0.25, -0.2) is 4.39 Å². The lowest BCUT2D eigenvalue weighted by Gasteiger charge is -2.24. The van der Waals surface area contributed by atoms with E-state index >= 15 is 0 Å². The predicted octanol–water partition coefficient (Wildman–Crippen LogP) is 3.92. The quantitative estimate of drug-likeness (QED) is 0.797. The van der Waals surface area contributed by atoms with E-state index in [0.29, 0.717) is 5.75 Å². The van der Waals surface area contributed by atoms with E-state index in [1.54, 1.807) is 12.1 Å². The Kier molecular flexibility index (Phi) is 3.03. The number of aliphatic imine (C=N–C) groups is 1. The third kappa shape index (κ3) is 2.50. The number of nitrogens with zero attached hydrogens (tertiary/aromatic N) is 1. The van der Waals surface area contributed by atoms with E-state index in [1.807, 2.05) is 25.1 Å². The number of rotatable bonds is 2. The maximum Gasteiger partial charge on any atom is 0.140 e. The average molecular weight is 255 g/mol. The summed E-state index contributed by atoms with van der Waals surface area (Å²) in [7, 11) is 0. The second kappa shape index (κ2) is 4.84. The molecule has 0 bridgehead atoms. The zero-order valence-corrected chi connectivity index (χ0v) is 10.6. The molecule has 0 radical (unpaired) electrons. The largest absolute Gasteiger partial charge is 0.484 e. The number of fused-ring (bicyclic) bond motifs is 1.